The summed E-state index contributed by atoms with van der Waals surface area (Å²) in [5, 5.41) is 12.4. The molecule has 1 N–H and O–H groups in total. The Bertz CT molecular complexity index is 683. The van der Waals surface area contributed by atoms with Gasteiger partial charge in [0.2, 0.25) is 11.0 Å². The first kappa shape index (κ1) is 18.2. The number of anilines is 1. The van der Waals surface area contributed by atoms with Gasteiger partial charge in [0.15, 0.2) is 11.5 Å². The van der Waals surface area contributed by atoms with Gasteiger partial charge >= 0.3 is 0 Å². The number of carbonyl (C=O) groups excluding carboxylic acids is 1. The summed E-state index contributed by atoms with van der Waals surface area (Å²) in [5.74, 6) is 1.40. The van der Waals surface area contributed by atoms with Gasteiger partial charge in [0.1, 0.15) is 5.01 Å². The van der Waals surface area contributed by atoms with Crippen LogP contribution in [0.5, 0.6) is 11.5 Å². The summed E-state index contributed by atoms with van der Waals surface area (Å²) in [5.41, 5.74) is 1.04. The largest absolute Gasteiger partial charge is 0.493 e. The highest BCUT2D eigenvalue weighted by Gasteiger charge is 2.16. The van der Waals surface area contributed by atoms with Gasteiger partial charge in [0, 0.05) is 12.3 Å². The molecule has 6 nitrogen and oxygen atoms in total. The molecule has 1 heterocycles. The van der Waals surface area contributed by atoms with Gasteiger partial charge in [-0.05, 0) is 30.5 Å². The Labute approximate surface area is 146 Å². The van der Waals surface area contributed by atoms with Crippen LogP contribution in [0.3, 0.4) is 0 Å². The maximum atomic E-state index is 12.1. The Hall–Kier alpha value is -2.15. The molecule has 2 rings (SSSR count). The summed E-state index contributed by atoms with van der Waals surface area (Å²) in [6.07, 6.45) is 2.26. The number of ether oxygens (including phenoxy) is 2. The molecule has 2 aromatic rings. The van der Waals surface area contributed by atoms with Gasteiger partial charge in [-0.25, -0.2) is 0 Å². The second-order valence-corrected chi connectivity index (χ2v) is 6.43. The van der Waals surface area contributed by atoms with Crippen molar-refractivity contribution in [3.05, 3.63) is 28.8 Å². The van der Waals surface area contributed by atoms with E-state index in [2.05, 4.69) is 15.5 Å². The molecule has 0 saturated heterocycles. The molecule has 0 aliphatic carbocycles. The van der Waals surface area contributed by atoms with Gasteiger partial charge in [-0.1, -0.05) is 31.3 Å². The fourth-order valence-electron chi connectivity index (χ4n) is 2.41. The molecule has 0 fully saturated rings. The highest BCUT2D eigenvalue weighted by molar-refractivity contribution is 7.15. The van der Waals surface area contributed by atoms with E-state index in [1.165, 1.54) is 11.3 Å². The molecule has 0 aliphatic heterocycles. The molecule has 1 aromatic heterocycles. The summed E-state index contributed by atoms with van der Waals surface area (Å²) in [6.45, 7) is 4.02. The number of benzene rings is 1. The third-order valence-electron chi connectivity index (χ3n) is 3.86. The molecule has 24 heavy (non-hydrogen) atoms. The van der Waals surface area contributed by atoms with E-state index in [4.69, 9.17) is 9.47 Å². The normalized spacial score (nSPS) is 10.7. The molecule has 0 bridgehead atoms. The quantitative estimate of drug-likeness (QED) is 0.789. The Morgan fingerprint density at radius 3 is 2.50 bits per heavy atom. The number of hydrogen-bond acceptors (Lipinski definition) is 6. The minimum atomic E-state index is 0.00816. The molecule has 0 spiro atoms. The zero-order valence-corrected chi connectivity index (χ0v) is 15.3. The first-order valence-electron chi connectivity index (χ1n) is 7.95. The summed E-state index contributed by atoms with van der Waals surface area (Å²) in [7, 11) is 3.22. The number of hydrogen-bond donors (Lipinski definition) is 1. The van der Waals surface area contributed by atoms with Crippen molar-refractivity contribution in [1.29, 1.82) is 0 Å². The predicted octanol–water partition coefficient (Wildman–Crippen LogP) is 3.52. The van der Waals surface area contributed by atoms with Crippen LogP contribution < -0.4 is 14.8 Å². The average molecular weight is 349 g/mol. The van der Waals surface area contributed by atoms with E-state index in [-0.39, 0.29) is 11.8 Å². The van der Waals surface area contributed by atoms with Crippen LogP contribution in [0.15, 0.2) is 18.2 Å². The highest BCUT2D eigenvalue weighted by Crippen LogP contribution is 2.29. The van der Waals surface area contributed by atoms with Crippen LogP contribution in [0.1, 0.15) is 37.3 Å². The van der Waals surface area contributed by atoms with Crippen LogP contribution in [0.25, 0.3) is 0 Å². The first-order valence-corrected chi connectivity index (χ1v) is 8.77. The number of methoxy groups -OCH3 is 2. The van der Waals surface area contributed by atoms with E-state index < -0.39 is 0 Å². The second-order valence-electron chi connectivity index (χ2n) is 5.37. The van der Waals surface area contributed by atoms with Crippen LogP contribution in [0.2, 0.25) is 0 Å². The zero-order valence-electron chi connectivity index (χ0n) is 14.5. The van der Waals surface area contributed by atoms with Crippen LogP contribution >= 0.6 is 11.3 Å². The summed E-state index contributed by atoms with van der Waals surface area (Å²) < 4.78 is 10.5. The van der Waals surface area contributed by atoms with Crippen molar-refractivity contribution < 1.29 is 14.3 Å². The molecule has 0 unspecified atom stereocenters. The van der Waals surface area contributed by atoms with Crippen molar-refractivity contribution in [2.24, 2.45) is 5.92 Å². The van der Waals surface area contributed by atoms with E-state index in [0.29, 0.717) is 23.1 Å². The molecule has 0 atom stereocenters. The van der Waals surface area contributed by atoms with Crippen molar-refractivity contribution in [2.45, 2.75) is 33.1 Å². The Kier molecular flexibility index (Phi) is 6.54. The number of amides is 1. The summed E-state index contributed by atoms with van der Waals surface area (Å²) in [6, 6.07) is 5.75. The van der Waals surface area contributed by atoms with Crippen molar-refractivity contribution in [1.82, 2.24) is 10.2 Å². The summed E-state index contributed by atoms with van der Waals surface area (Å²) >= 11 is 1.39. The van der Waals surface area contributed by atoms with Crippen molar-refractivity contribution in [3.8, 4) is 11.5 Å². The number of rotatable bonds is 8. The monoisotopic (exact) mass is 349 g/mol. The molecule has 0 aliphatic rings. The number of carbonyl (C=O) groups is 1. The van der Waals surface area contributed by atoms with E-state index >= 15 is 0 Å². The smallest absolute Gasteiger partial charge is 0.229 e. The van der Waals surface area contributed by atoms with Gasteiger partial charge in [-0.2, -0.15) is 0 Å². The van der Waals surface area contributed by atoms with Gasteiger partial charge < -0.3 is 14.8 Å². The molecule has 1 amide bonds. The SMILES string of the molecule is CCC(CC)C(=O)Nc1nnc(Cc2ccc(OC)c(OC)c2)s1. The maximum absolute atomic E-state index is 12.1. The molecule has 130 valence electrons. The minimum Gasteiger partial charge on any atom is -0.493 e. The minimum absolute atomic E-state index is 0.00816. The Morgan fingerprint density at radius 2 is 1.88 bits per heavy atom. The van der Waals surface area contributed by atoms with Crippen LogP contribution in [-0.2, 0) is 11.2 Å². The van der Waals surface area contributed by atoms with Gasteiger partial charge in [-0.15, -0.1) is 10.2 Å². The second kappa shape index (κ2) is 8.63. The molecule has 0 saturated carbocycles. The van der Waals surface area contributed by atoms with E-state index in [0.717, 1.165) is 23.4 Å². The van der Waals surface area contributed by atoms with Crippen LogP contribution in [0, 0.1) is 5.92 Å². The Balaban J connectivity index is 2.05. The molecule has 0 radical (unpaired) electrons. The topological polar surface area (TPSA) is 73.3 Å². The summed E-state index contributed by atoms with van der Waals surface area (Å²) in [4.78, 5) is 12.1. The molecule has 1 aromatic carbocycles. The van der Waals surface area contributed by atoms with Crippen LogP contribution in [0.4, 0.5) is 5.13 Å². The fourth-order valence-corrected chi connectivity index (χ4v) is 3.18. The lowest BCUT2D eigenvalue weighted by Crippen LogP contribution is -2.21. The Morgan fingerprint density at radius 1 is 1.17 bits per heavy atom. The van der Waals surface area contributed by atoms with Gasteiger partial charge in [0.25, 0.3) is 0 Å². The standard InChI is InChI=1S/C17H23N3O3S/c1-5-12(6-2)16(21)18-17-20-19-15(24-17)10-11-7-8-13(22-3)14(9-11)23-4/h7-9,12H,5-6,10H2,1-4H3,(H,18,20,21). The predicted molar refractivity (Wildman–Crippen MR) is 95.0 cm³/mol. The first-order chi connectivity index (χ1) is 11.6. The van der Waals surface area contributed by atoms with Crippen molar-refractivity contribution in [3.63, 3.8) is 0 Å². The third-order valence-corrected chi connectivity index (χ3v) is 4.70. The van der Waals surface area contributed by atoms with Crippen molar-refractivity contribution >= 4 is 22.4 Å². The van der Waals surface area contributed by atoms with Crippen molar-refractivity contribution in [2.75, 3.05) is 19.5 Å². The maximum Gasteiger partial charge on any atom is 0.229 e. The fraction of sp³-hybridized carbons (Fsp3) is 0.471. The van der Waals surface area contributed by atoms with E-state index in [1.54, 1.807) is 14.2 Å². The van der Waals surface area contributed by atoms with E-state index in [9.17, 15) is 4.79 Å². The lowest BCUT2D eigenvalue weighted by Gasteiger charge is -2.10. The van der Waals surface area contributed by atoms with Gasteiger partial charge in [0.05, 0.1) is 14.2 Å². The van der Waals surface area contributed by atoms with Crippen LogP contribution in [-0.4, -0.2) is 30.3 Å². The number of nitrogens with one attached hydrogen (secondary N) is 1. The molecular weight excluding hydrogens is 326 g/mol. The van der Waals surface area contributed by atoms with Gasteiger partial charge in [-0.3, -0.25) is 4.79 Å². The lowest BCUT2D eigenvalue weighted by atomic mass is 10.0. The third kappa shape index (κ3) is 4.44. The molecule has 7 heteroatoms. The van der Waals surface area contributed by atoms with E-state index in [1.807, 2.05) is 32.0 Å². The zero-order chi connectivity index (χ0) is 17.5. The molecular formula is C17H23N3O3S. The lowest BCUT2D eigenvalue weighted by molar-refractivity contribution is -0.120. The average Bonchev–Trinajstić information content (AvgIpc) is 3.02. The number of nitrogens with zero attached hydrogens (tertiary/aromatic N) is 2. The highest BCUT2D eigenvalue weighted by atomic mass is 32.1. The number of aromatic nitrogens is 2.